The van der Waals surface area contributed by atoms with E-state index in [1.165, 1.54) is 0 Å². The first-order valence-corrected chi connectivity index (χ1v) is 16.7. The largest absolute Gasteiger partial charge is 0.496 e. The molecule has 2 aromatic heterocycles. The Labute approximate surface area is 288 Å². The summed E-state index contributed by atoms with van der Waals surface area (Å²) in [5.41, 5.74) is 7.96. The van der Waals surface area contributed by atoms with Gasteiger partial charge in [0.1, 0.15) is 34.2 Å². The van der Waals surface area contributed by atoms with E-state index in [-0.39, 0.29) is 0 Å². The molecular formula is C46H30O4. The number of furan rings is 2. The molecule has 0 saturated carbocycles. The fraction of sp³-hybridized carbons (Fsp3) is 0.0435. The minimum absolute atomic E-state index is 0.816. The smallest absolute Gasteiger partial charge is 0.136 e. The number of ether oxygens (including phenoxy) is 2. The highest BCUT2D eigenvalue weighted by atomic mass is 16.5. The van der Waals surface area contributed by atoms with E-state index in [1.54, 1.807) is 14.2 Å². The topological polar surface area (TPSA) is 44.7 Å². The van der Waals surface area contributed by atoms with Crippen molar-refractivity contribution in [3.05, 3.63) is 146 Å². The third-order valence-electron chi connectivity index (χ3n) is 10.1. The second kappa shape index (κ2) is 11.0. The van der Waals surface area contributed by atoms with Crippen molar-refractivity contribution in [1.29, 1.82) is 0 Å². The average molecular weight is 647 g/mol. The van der Waals surface area contributed by atoms with Crippen molar-refractivity contribution in [2.24, 2.45) is 0 Å². The predicted molar refractivity (Wildman–Crippen MR) is 205 cm³/mol. The summed E-state index contributed by atoms with van der Waals surface area (Å²) in [5.74, 6) is 3.28. The van der Waals surface area contributed by atoms with Gasteiger partial charge in [-0.25, -0.2) is 0 Å². The maximum atomic E-state index is 6.58. The second-order valence-corrected chi connectivity index (χ2v) is 12.7. The lowest BCUT2D eigenvalue weighted by atomic mass is 9.83. The first kappa shape index (κ1) is 28.5. The molecule has 8 aromatic carbocycles. The van der Waals surface area contributed by atoms with Crippen LogP contribution in [-0.2, 0) is 0 Å². The molecular weight excluding hydrogens is 617 g/mol. The lowest BCUT2D eigenvalue weighted by molar-refractivity contribution is 0.416. The molecule has 0 aliphatic carbocycles. The van der Waals surface area contributed by atoms with E-state index < -0.39 is 0 Å². The summed E-state index contributed by atoms with van der Waals surface area (Å²) in [7, 11) is 3.46. The number of fused-ring (bicyclic) bond motifs is 2. The van der Waals surface area contributed by atoms with Gasteiger partial charge in [0.15, 0.2) is 0 Å². The maximum absolute atomic E-state index is 6.58. The highest BCUT2D eigenvalue weighted by Crippen LogP contribution is 2.50. The number of hydrogen-bond donors (Lipinski definition) is 0. The van der Waals surface area contributed by atoms with Crippen LogP contribution in [0, 0.1) is 0 Å². The molecule has 0 atom stereocenters. The molecule has 4 heteroatoms. The van der Waals surface area contributed by atoms with Crippen LogP contribution in [-0.4, -0.2) is 14.2 Å². The highest BCUT2D eigenvalue weighted by Gasteiger charge is 2.24. The fourth-order valence-electron chi connectivity index (χ4n) is 7.81. The zero-order chi connectivity index (χ0) is 33.3. The minimum Gasteiger partial charge on any atom is -0.496 e. The summed E-state index contributed by atoms with van der Waals surface area (Å²) in [4.78, 5) is 0. The standard InChI is InChI=1S/C46H30O4/c1-47-41-17-9-5-13-29(41)35-25-37(43-23-27-11-3-7-15-39(27)49-43)33-22-20-32-36(30-14-6-10-18-42(30)48-2)26-38(34-21-19-31(35)45(33)46(32)34)44-24-28-12-4-8-16-40(28)50-44/h3-26H,1-2H3. The molecule has 0 spiro atoms. The molecule has 2 heterocycles. The summed E-state index contributed by atoms with van der Waals surface area (Å²) >= 11 is 0. The van der Waals surface area contributed by atoms with Crippen LogP contribution in [0.5, 0.6) is 11.5 Å². The van der Waals surface area contributed by atoms with Crippen LogP contribution in [0.3, 0.4) is 0 Å². The Morgan fingerprint density at radius 2 is 0.740 bits per heavy atom. The molecule has 0 amide bonds. The van der Waals surface area contributed by atoms with Crippen molar-refractivity contribution in [2.75, 3.05) is 14.2 Å². The molecule has 0 radical (unpaired) electrons. The Morgan fingerprint density at radius 3 is 1.16 bits per heavy atom. The van der Waals surface area contributed by atoms with E-state index in [9.17, 15) is 0 Å². The van der Waals surface area contributed by atoms with Crippen LogP contribution >= 0.6 is 0 Å². The Morgan fingerprint density at radius 1 is 0.360 bits per heavy atom. The number of hydrogen-bond acceptors (Lipinski definition) is 4. The molecule has 10 aromatic rings. The Balaban J connectivity index is 1.40. The van der Waals surface area contributed by atoms with Gasteiger partial charge < -0.3 is 18.3 Å². The van der Waals surface area contributed by atoms with Crippen molar-refractivity contribution in [1.82, 2.24) is 0 Å². The maximum Gasteiger partial charge on any atom is 0.136 e. The molecule has 238 valence electrons. The van der Waals surface area contributed by atoms with Gasteiger partial charge in [0.25, 0.3) is 0 Å². The van der Waals surface area contributed by atoms with E-state index in [2.05, 4.69) is 84.9 Å². The zero-order valence-electron chi connectivity index (χ0n) is 27.5. The van der Waals surface area contributed by atoms with Gasteiger partial charge in [-0.3, -0.25) is 0 Å². The van der Waals surface area contributed by atoms with Crippen LogP contribution in [0.2, 0.25) is 0 Å². The molecule has 0 aliphatic rings. The number of para-hydroxylation sites is 4. The molecule has 50 heavy (non-hydrogen) atoms. The molecule has 0 aliphatic heterocycles. The van der Waals surface area contributed by atoms with E-state index >= 15 is 0 Å². The van der Waals surface area contributed by atoms with Crippen molar-refractivity contribution >= 4 is 54.3 Å². The predicted octanol–water partition coefficient (Wildman–Crippen LogP) is 12.8. The van der Waals surface area contributed by atoms with Gasteiger partial charge >= 0.3 is 0 Å². The SMILES string of the molecule is COc1ccccc1-c1cc(-c2cc3ccccc3o2)c2ccc3c(-c4ccccc4OC)cc(-c4cc5ccccc5o4)c4ccc1c2c43. The van der Waals surface area contributed by atoms with E-state index in [4.69, 9.17) is 18.3 Å². The van der Waals surface area contributed by atoms with Crippen LogP contribution in [0.1, 0.15) is 0 Å². The number of benzene rings is 8. The fourth-order valence-corrected chi connectivity index (χ4v) is 7.81. The van der Waals surface area contributed by atoms with Crippen molar-refractivity contribution < 1.29 is 18.3 Å². The third-order valence-corrected chi connectivity index (χ3v) is 10.1. The lowest BCUT2D eigenvalue weighted by Gasteiger charge is -2.21. The number of methoxy groups -OCH3 is 2. The van der Waals surface area contributed by atoms with Crippen LogP contribution < -0.4 is 9.47 Å². The quantitative estimate of drug-likeness (QED) is 0.169. The van der Waals surface area contributed by atoms with Crippen LogP contribution in [0.15, 0.2) is 154 Å². The molecule has 0 saturated heterocycles. The van der Waals surface area contributed by atoms with Crippen molar-refractivity contribution in [3.63, 3.8) is 0 Å². The lowest BCUT2D eigenvalue weighted by Crippen LogP contribution is -1.95. The summed E-state index contributed by atoms with van der Waals surface area (Å²) in [6.07, 6.45) is 0. The Hall–Kier alpha value is -6.52. The first-order chi connectivity index (χ1) is 24.7. The molecule has 0 bridgehead atoms. The van der Waals surface area contributed by atoms with Gasteiger partial charge in [0.05, 0.1) is 14.2 Å². The highest BCUT2D eigenvalue weighted by molar-refractivity contribution is 6.32. The minimum atomic E-state index is 0.816. The number of rotatable bonds is 6. The van der Waals surface area contributed by atoms with E-state index in [0.29, 0.717) is 0 Å². The van der Waals surface area contributed by atoms with Gasteiger partial charge in [-0.1, -0.05) is 97.1 Å². The molecule has 0 unspecified atom stereocenters. The molecule has 0 N–H and O–H groups in total. The van der Waals surface area contributed by atoms with Gasteiger partial charge in [-0.15, -0.1) is 0 Å². The summed E-state index contributed by atoms with van der Waals surface area (Å²) in [6.45, 7) is 0. The monoisotopic (exact) mass is 646 g/mol. The summed E-state index contributed by atoms with van der Waals surface area (Å²) in [6, 6.07) is 50.6. The van der Waals surface area contributed by atoms with E-state index in [0.717, 1.165) is 111 Å². The van der Waals surface area contributed by atoms with Crippen molar-refractivity contribution in [2.45, 2.75) is 0 Å². The summed E-state index contributed by atoms with van der Waals surface area (Å²) in [5, 5.41) is 8.95. The third kappa shape index (κ3) is 4.18. The Bertz CT molecular complexity index is 2640. The second-order valence-electron chi connectivity index (χ2n) is 12.7. The van der Waals surface area contributed by atoms with E-state index in [1.807, 2.05) is 60.7 Å². The van der Waals surface area contributed by atoms with Gasteiger partial charge in [0, 0.05) is 33.0 Å². The van der Waals surface area contributed by atoms with Crippen molar-refractivity contribution in [3.8, 4) is 56.4 Å². The zero-order valence-corrected chi connectivity index (χ0v) is 27.5. The van der Waals surface area contributed by atoms with Crippen LogP contribution in [0.25, 0.3) is 99.2 Å². The normalized spacial score (nSPS) is 11.8. The first-order valence-electron chi connectivity index (χ1n) is 16.7. The molecule has 0 fully saturated rings. The van der Waals surface area contributed by atoms with Gasteiger partial charge in [-0.05, 0) is 92.0 Å². The average Bonchev–Trinajstić information content (AvgIpc) is 3.81. The summed E-state index contributed by atoms with van der Waals surface area (Å²) < 4.78 is 25.0. The van der Waals surface area contributed by atoms with Crippen LogP contribution in [0.4, 0.5) is 0 Å². The van der Waals surface area contributed by atoms with Gasteiger partial charge in [0.2, 0.25) is 0 Å². The Kier molecular flexibility index (Phi) is 6.27. The molecule has 10 rings (SSSR count). The van der Waals surface area contributed by atoms with Gasteiger partial charge in [-0.2, -0.15) is 0 Å². The molecule has 4 nitrogen and oxygen atoms in total.